The molecule has 30 heavy (non-hydrogen) atoms. The molecule has 4 aromatic rings. The van der Waals surface area contributed by atoms with Crippen molar-refractivity contribution in [3.63, 3.8) is 0 Å². The molecule has 4 rings (SSSR count). The van der Waals surface area contributed by atoms with Crippen LogP contribution in [0.3, 0.4) is 0 Å². The third kappa shape index (κ3) is 3.80. The lowest BCUT2D eigenvalue weighted by Crippen LogP contribution is -2.26. The molecule has 3 N–H and O–H groups in total. The molecule has 1 aromatic heterocycles. The van der Waals surface area contributed by atoms with Gasteiger partial charge in [-0.15, -0.1) is 0 Å². The molecule has 0 amide bonds. The second-order valence-electron chi connectivity index (χ2n) is 7.31. The second-order valence-corrected chi connectivity index (χ2v) is 7.31. The van der Waals surface area contributed by atoms with Crippen LogP contribution in [-0.4, -0.2) is 11.7 Å². The number of aromatic nitrogens is 1. The zero-order chi connectivity index (χ0) is 21.1. The lowest BCUT2D eigenvalue weighted by atomic mass is 10.1. The fraction of sp³-hybridized carbons (Fsp3) is 0.160. The van der Waals surface area contributed by atoms with E-state index in [1.54, 1.807) is 11.7 Å². The van der Waals surface area contributed by atoms with E-state index in [4.69, 9.17) is 10.5 Å². The summed E-state index contributed by atoms with van der Waals surface area (Å²) in [6, 6.07) is 25.1. The van der Waals surface area contributed by atoms with Gasteiger partial charge in [-0.2, -0.15) is 0 Å². The van der Waals surface area contributed by atoms with Crippen LogP contribution in [0, 0.1) is 0 Å². The number of rotatable bonds is 6. The molecule has 1 heterocycles. The quantitative estimate of drug-likeness (QED) is 0.496. The Bertz CT molecular complexity index is 1210. The zero-order valence-corrected chi connectivity index (χ0v) is 17.1. The van der Waals surface area contributed by atoms with E-state index in [1.165, 1.54) is 0 Å². The highest BCUT2D eigenvalue weighted by Gasteiger charge is 2.16. The molecule has 0 aliphatic rings. The Hall–Kier alpha value is -3.57. The van der Waals surface area contributed by atoms with Crippen molar-refractivity contribution in [3.05, 3.63) is 100 Å². The number of anilines is 1. The molecule has 0 aliphatic carbocycles. The van der Waals surface area contributed by atoms with Gasteiger partial charge in [0.1, 0.15) is 5.75 Å². The fourth-order valence-electron chi connectivity index (χ4n) is 3.65. The lowest BCUT2D eigenvalue weighted by molar-refractivity contribution is 0.414. The maximum absolute atomic E-state index is 13.6. The molecule has 0 saturated heterocycles. The first-order chi connectivity index (χ1) is 14.6. The third-order valence-corrected chi connectivity index (χ3v) is 5.20. The number of benzene rings is 3. The highest BCUT2D eigenvalue weighted by molar-refractivity contribution is 5.93. The molecule has 0 radical (unpaired) electrons. The molecule has 0 aliphatic heterocycles. The van der Waals surface area contributed by atoms with Gasteiger partial charge in [0.2, 0.25) is 0 Å². The second kappa shape index (κ2) is 8.43. The van der Waals surface area contributed by atoms with Gasteiger partial charge in [-0.3, -0.25) is 9.36 Å². The van der Waals surface area contributed by atoms with E-state index < -0.39 is 0 Å². The number of methoxy groups -OCH3 is 1. The van der Waals surface area contributed by atoms with Crippen LogP contribution < -0.4 is 21.3 Å². The SMILES string of the molecule is COc1ccc(CNc2cccc3cc([C@H](C)N)n(-c4ccccc4)c(=O)c23)cc1. The number of pyridine rings is 1. The molecule has 3 aromatic carbocycles. The Morgan fingerprint density at radius 2 is 1.73 bits per heavy atom. The number of para-hydroxylation sites is 1. The van der Waals surface area contributed by atoms with Crippen LogP contribution in [0.25, 0.3) is 16.5 Å². The topological polar surface area (TPSA) is 69.3 Å². The van der Waals surface area contributed by atoms with Gasteiger partial charge in [-0.1, -0.05) is 42.5 Å². The standard InChI is InChI=1S/C25H25N3O2/c1-17(26)23-15-19-7-6-10-22(27-16-18-11-13-21(30-2)14-12-18)24(19)25(29)28(23)20-8-4-3-5-9-20/h3-15,17,27H,16,26H2,1-2H3/t17-/m0/s1. The van der Waals surface area contributed by atoms with Gasteiger partial charge in [-0.25, -0.2) is 0 Å². The highest BCUT2D eigenvalue weighted by Crippen LogP contribution is 2.25. The van der Waals surface area contributed by atoms with Crippen LogP contribution in [0.2, 0.25) is 0 Å². The van der Waals surface area contributed by atoms with Crippen molar-refractivity contribution in [1.82, 2.24) is 4.57 Å². The molecule has 5 heteroatoms. The van der Waals surface area contributed by atoms with Crippen LogP contribution in [-0.2, 0) is 6.54 Å². The fourth-order valence-corrected chi connectivity index (χ4v) is 3.65. The van der Waals surface area contributed by atoms with E-state index in [2.05, 4.69) is 5.32 Å². The third-order valence-electron chi connectivity index (χ3n) is 5.20. The predicted octanol–water partition coefficient (Wildman–Crippen LogP) is 4.63. The molecular formula is C25H25N3O2. The average Bonchev–Trinajstić information content (AvgIpc) is 2.78. The number of fused-ring (bicyclic) bond motifs is 1. The van der Waals surface area contributed by atoms with Crippen LogP contribution in [0.5, 0.6) is 5.75 Å². The normalized spacial score (nSPS) is 12.0. The van der Waals surface area contributed by atoms with Gasteiger partial charge >= 0.3 is 0 Å². The average molecular weight is 399 g/mol. The lowest BCUT2D eigenvalue weighted by Gasteiger charge is -2.19. The monoisotopic (exact) mass is 399 g/mol. The Balaban J connectivity index is 1.80. The van der Waals surface area contributed by atoms with Crippen molar-refractivity contribution >= 4 is 16.5 Å². The highest BCUT2D eigenvalue weighted by atomic mass is 16.5. The first-order valence-electron chi connectivity index (χ1n) is 9.95. The Morgan fingerprint density at radius 1 is 1.00 bits per heavy atom. The van der Waals surface area contributed by atoms with Crippen molar-refractivity contribution in [3.8, 4) is 11.4 Å². The van der Waals surface area contributed by atoms with Gasteiger partial charge in [-0.05, 0) is 54.3 Å². The summed E-state index contributed by atoms with van der Waals surface area (Å²) in [5, 5.41) is 4.95. The molecule has 0 saturated carbocycles. The first-order valence-corrected chi connectivity index (χ1v) is 9.95. The number of nitrogens with one attached hydrogen (secondary N) is 1. The van der Waals surface area contributed by atoms with Gasteiger partial charge in [0.05, 0.1) is 12.5 Å². The first kappa shape index (κ1) is 19.7. The van der Waals surface area contributed by atoms with E-state index in [-0.39, 0.29) is 11.6 Å². The molecule has 0 unspecified atom stereocenters. The number of hydrogen-bond donors (Lipinski definition) is 2. The van der Waals surface area contributed by atoms with Crippen molar-refractivity contribution in [2.75, 3.05) is 12.4 Å². The molecular weight excluding hydrogens is 374 g/mol. The van der Waals surface area contributed by atoms with E-state index in [0.717, 1.165) is 33.8 Å². The minimum absolute atomic E-state index is 0.0798. The van der Waals surface area contributed by atoms with Crippen LogP contribution >= 0.6 is 0 Å². The largest absolute Gasteiger partial charge is 0.497 e. The number of hydrogen-bond acceptors (Lipinski definition) is 4. The summed E-state index contributed by atoms with van der Waals surface area (Å²) in [6.07, 6.45) is 0. The molecule has 152 valence electrons. The van der Waals surface area contributed by atoms with Crippen LogP contribution in [0.1, 0.15) is 24.2 Å². The number of nitrogens with zero attached hydrogens (tertiary/aromatic N) is 1. The van der Waals surface area contributed by atoms with Gasteiger partial charge < -0.3 is 15.8 Å². The predicted molar refractivity (Wildman–Crippen MR) is 122 cm³/mol. The Kier molecular flexibility index (Phi) is 5.55. The Labute approximate surface area is 175 Å². The summed E-state index contributed by atoms with van der Waals surface area (Å²) < 4.78 is 6.93. The minimum atomic E-state index is -0.279. The maximum Gasteiger partial charge on any atom is 0.265 e. The van der Waals surface area contributed by atoms with Gasteiger partial charge in [0.15, 0.2) is 0 Å². The van der Waals surface area contributed by atoms with E-state index in [1.807, 2.05) is 85.8 Å². The summed E-state index contributed by atoms with van der Waals surface area (Å²) in [5.41, 5.74) is 9.63. The minimum Gasteiger partial charge on any atom is -0.497 e. The molecule has 0 fully saturated rings. The molecule has 0 spiro atoms. The number of ether oxygens (including phenoxy) is 1. The molecule has 1 atom stereocenters. The summed E-state index contributed by atoms with van der Waals surface area (Å²) in [7, 11) is 1.65. The smallest absolute Gasteiger partial charge is 0.265 e. The van der Waals surface area contributed by atoms with Crippen LogP contribution in [0.15, 0.2) is 83.7 Å². The van der Waals surface area contributed by atoms with Gasteiger partial charge in [0, 0.05) is 29.7 Å². The maximum atomic E-state index is 13.6. The van der Waals surface area contributed by atoms with Crippen molar-refractivity contribution in [2.24, 2.45) is 5.73 Å². The van der Waals surface area contributed by atoms with E-state index in [9.17, 15) is 4.79 Å². The number of nitrogens with two attached hydrogens (primary N) is 1. The van der Waals surface area contributed by atoms with Gasteiger partial charge in [0.25, 0.3) is 5.56 Å². The zero-order valence-electron chi connectivity index (χ0n) is 17.1. The van der Waals surface area contributed by atoms with Crippen molar-refractivity contribution in [2.45, 2.75) is 19.5 Å². The summed E-state index contributed by atoms with van der Waals surface area (Å²) in [6.45, 7) is 2.49. The molecule has 5 nitrogen and oxygen atoms in total. The Morgan fingerprint density at radius 3 is 2.40 bits per heavy atom. The summed E-state index contributed by atoms with van der Waals surface area (Å²) in [4.78, 5) is 13.6. The van der Waals surface area contributed by atoms with Crippen LogP contribution in [0.4, 0.5) is 5.69 Å². The summed E-state index contributed by atoms with van der Waals surface area (Å²) in [5.74, 6) is 0.818. The van der Waals surface area contributed by atoms with E-state index in [0.29, 0.717) is 11.9 Å². The van der Waals surface area contributed by atoms with E-state index >= 15 is 0 Å². The summed E-state index contributed by atoms with van der Waals surface area (Å²) >= 11 is 0. The van der Waals surface area contributed by atoms with Crippen molar-refractivity contribution < 1.29 is 4.74 Å². The molecule has 0 bridgehead atoms. The van der Waals surface area contributed by atoms with Crippen molar-refractivity contribution in [1.29, 1.82) is 0 Å².